The minimum absolute atomic E-state index is 0.279. The lowest BCUT2D eigenvalue weighted by molar-refractivity contribution is 0.156. The molecule has 0 radical (unpaired) electrons. The van der Waals surface area contributed by atoms with Gasteiger partial charge in [-0.1, -0.05) is 82.3 Å². The minimum atomic E-state index is -1.74. The molecule has 0 spiro atoms. The molecule has 0 heterocycles. The summed E-state index contributed by atoms with van der Waals surface area (Å²) in [6.45, 7) is 14.5. The van der Waals surface area contributed by atoms with E-state index in [0.717, 1.165) is 11.8 Å². The lowest BCUT2D eigenvalue weighted by atomic mass is 9.99. The van der Waals surface area contributed by atoms with E-state index in [1.807, 2.05) is 0 Å². The normalized spacial score (nSPS) is 25.6. The van der Waals surface area contributed by atoms with Crippen molar-refractivity contribution in [3.05, 3.63) is 91.0 Å². The van der Waals surface area contributed by atoms with Gasteiger partial charge in [-0.3, -0.25) is 0 Å². The van der Waals surface area contributed by atoms with Crippen LogP contribution in [0.2, 0.25) is 18.1 Å². The average Bonchev–Trinajstić information content (AvgIpc) is 3.33. The maximum Gasteiger partial charge on any atom is 0.192 e. The molecular weight excluding hydrogens is 483 g/mol. The molecule has 3 aromatic carbocycles. The third-order valence-corrected chi connectivity index (χ3v) is 19.2. The minimum Gasteiger partial charge on any atom is -0.414 e. The Morgan fingerprint density at radius 1 is 0.811 bits per heavy atom. The Morgan fingerprint density at radius 2 is 1.27 bits per heavy atom. The number of fused-ring (bicyclic) bond motifs is 1. The highest BCUT2D eigenvalue weighted by atomic mass is 31.2. The van der Waals surface area contributed by atoms with E-state index in [-0.39, 0.29) is 5.04 Å². The van der Waals surface area contributed by atoms with Crippen LogP contribution in [0.25, 0.3) is 0 Å². The molecule has 0 aromatic heterocycles. The topological polar surface area (TPSA) is 9.23 Å². The van der Waals surface area contributed by atoms with Crippen LogP contribution in [0.3, 0.4) is 0 Å². The number of rotatable bonds is 9. The predicted molar refractivity (Wildman–Crippen MR) is 166 cm³/mol. The van der Waals surface area contributed by atoms with Crippen molar-refractivity contribution in [3.8, 4) is 0 Å². The van der Waals surface area contributed by atoms with Gasteiger partial charge >= 0.3 is 0 Å². The second kappa shape index (κ2) is 10.1. The van der Waals surface area contributed by atoms with Gasteiger partial charge in [-0.05, 0) is 97.5 Å². The predicted octanol–water partition coefficient (Wildman–Crippen LogP) is 8.20. The Labute approximate surface area is 227 Å². The van der Waals surface area contributed by atoms with E-state index in [0.29, 0.717) is 11.5 Å². The third-order valence-electron chi connectivity index (χ3n) is 10.2. The van der Waals surface area contributed by atoms with Crippen LogP contribution >= 0.6 is 7.26 Å². The molecule has 37 heavy (non-hydrogen) atoms. The molecule has 0 bridgehead atoms. The third kappa shape index (κ3) is 4.91. The van der Waals surface area contributed by atoms with E-state index in [1.54, 1.807) is 0 Å². The summed E-state index contributed by atoms with van der Waals surface area (Å²) < 4.78 is 7.01. The highest BCUT2D eigenvalue weighted by molar-refractivity contribution is 7.95. The summed E-state index contributed by atoms with van der Waals surface area (Å²) in [4.78, 5) is 0. The van der Waals surface area contributed by atoms with Crippen molar-refractivity contribution >= 4 is 31.5 Å². The van der Waals surface area contributed by atoms with Gasteiger partial charge in [0.15, 0.2) is 8.32 Å². The van der Waals surface area contributed by atoms with Gasteiger partial charge in [-0.15, -0.1) is 0 Å². The zero-order chi connectivity index (χ0) is 26.3. The average molecular weight is 530 g/mol. The highest BCUT2D eigenvalue weighted by Crippen LogP contribution is 2.71. The molecule has 2 aliphatic carbocycles. The molecule has 0 saturated heterocycles. The van der Waals surface area contributed by atoms with E-state index < -0.39 is 15.6 Å². The van der Waals surface area contributed by atoms with Gasteiger partial charge in [-0.2, -0.15) is 0 Å². The quantitative estimate of drug-likeness (QED) is 0.200. The SMILES string of the molecule is CC(C)(C)[Si](C)(C)O[C@H]1CC[C@@]2(C)[C@H]1[C@H]2CCC[P+](c1ccccc1)(c1ccccc1)c1ccccc1. The zero-order valence-corrected chi connectivity index (χ0v) is 25.7. The van der Waals surface area contributed by atoms with Crippen molar-refractivity contribution in [2.75, 3.05) is 6.16 Å². The fourth-order valence-corrected chi connectivity index (χ4v) is 12.7. The van der Waals surface area contributed by atoms with Crippen LogP contribution in [-0.2, 0) is 4.43 Å². The summed E-state index contributed by atoms with van der Waals surface area (Å²) in [6.07, 6.45) is 6.92. The van der Waals surface area contributed by atoms with Crippen LogP contribution in [0.4, 0.5) is 0 Å². The van der Waals surface area contributed by atoms with Crippen molar-refractivity contribution in [1.29, 1.82) is 0 Å². The Hall–Kier alpha value is -1.73. The second-order valence-electron chi connectivity index (χ2n) is 13.3. The zero-order valence-electron chi connectivity index (χ0n) is 23.8. The van der Waals surface area contributed by atoms with E-state index >= 15 is 0 Å². The smallest absolute Gasteiger partial charge is 0.192 e. The molecule has 1 nitrogen and oxygen atoms in total. The van der Waals surface area contributed by atoms with Crippen molar-refractivity contribution < 1.29 is 4.43 Å². The van der Waals surface area contributed by atoms with Crippen LogP contribution in [-0.4, -0.2) is 20.6 Å². The molecule has 3 aromatic rings. The number of hydrogen-bond donors (Lipinski definition) is 0. The van der Waals surface area contributed by atoms with Crippen LogP contribution < -0.4 is 15.9 Å². The van der Waals surface area contributed by atoms with Gasteiger partial charge in [0, 0.05) is 6.10 Å². The Kier molecular flexibility index (Phi) is 7.33. The van der Waals surface area contributed by atoms with Crippen LogP contribution in [0.5, 0.6) is 0 Å². The van der Waals surface area contributed by atoms with Crippen molar-refractivity contribution in [2.24, 2.45) is 17.3 Å². The van der Waals surface area contributed by atoms with Crippen molar-refractivity contribution in [1.82, 2.24) is 0 Å². The standard InChI is InChI=1S/C34H46OPSi/c1-33(2,3)37(5,6)35-31-24-25-34(4)30(32(31)34)23-16-26-36(27-17-10-7-11-18-27,28-19-12-8-13-20-28)29-21-14-9-15-22-29/h7-15,17-22,30-32H,16,23-26H2,1-6H3/q+1/t30-,31+,32+,34-/m1/s1. The van der Waals surface area contributed by atoms with Crippen molar-refractivity contribution in [2.45, 2.75) is 77.6 Å². The first-order valence-corrected chi connectivity index (χ1v) is 19.2. The molecule has 3 heteroatoms. The fourth-order valence-electron chi connectivity index (χ4n) is 7.00. The molecule has 2 saturated carbocycles. The summed E-state index contributed by atoms with van der Waals surface area (Å²) in [7, 11) is -3.46. The molecule has 4 atom stereocenters. The lowest BCUT2D eigenvalue weighted by Crippen LogP contribution is -2.44. The molecule has 5 rings (SSSR count). The van der Waals surface area contributed by atoms with Crippen LogP contribution in [0, 0.1) is 17.3 Å². The number of benzene rings is 3. The Bertz CT molecular complexity index is 1070. The summed E-state index contributed by atoms with van der Waals surface area (Å²) in [5, 5.41) is 4.80. The maximum atomic E-state index is 7.01. The second-order valence-corrected chi connectivity index (χ2v) is 21.6. The molecular formula is C34H46OPSi+. The van der Waals surface area contributed by atoms with Gasteiger partial charge < -0.3 is 4.43 Å². The molecule has 0 N–H and O–H groups in total. The molecule has 0 aliphatic heterocycles. The largest absolute Gasteiger partial charge is 0.414 e. The Morgan fingerprint density at radius 3 is 1.70 bits per heavy atom. The first-order valence-electron chi connectivity index (χ1n) is 14.3. The summed E-state index contributed by atoms with van der Waals surface area (Å²) >= 11 is 0. The summed E-state index contributed by atoms with van der Waals surface area (Å²) in [5.41, 5.74) is 0.500. The highest BCUT2D eigenvalue weighted by Gasteiger charge is 2.67. The summed E-state index contributed by atoms with van der Waals surface area (Å²) in [5.74, 6) is 1.58. The monoisotopic (exact) mass is 529 g/mol. The maximum absolute atomic E-state index is 7.01. The Balaban J connectivity index is 1.39. The van der Waals surface area contributed by atoms with Gasteiger partial charge in [0.1, 0.15) is 23.2 Å². The van der Waals surface area contributed by atoms with E-state index in [1.165, 1.54) is 47.8 Å². The summed E-state index contributed by atoms with van der Waals surface area (Å²) in [6, 6.07) is 34.1. The molecule has 2 aliphatic rings. The molecule has 196 valence electrons. The first-order chi connectivity index (χ1) is 17.6. The van der Waals surface area contributed by atoms with Crippen LogP contribution in [0.1, 0.15) is 53.4 Å². The van der Waals surface area contributed by atoms with E-state index in [9.17, 15) is 0 Å². The number of hydrogen-bond acceptors (Lipinski definition) is 1. The van der Waals surface area contributed by atoms with Gasteiger partial charge in [0.25, 0.3) is 0 Å². The molecule has 0 unspecified atom stereocenters. The first kappa shape index (κ1) is 26.9. The van der Waals surface area contributed by atoms with E-state index in [4.69, 9.17) is 4.43 Å². The van der Waals surface area contributed by atoms with Crippen LogP contribution in [0.15, 0.2) is 91.0 Å². The fraction of sp³-hybridized carbons (Fsp3) is 0.471. The van der Waals surface area contributed by atoms with E-state index in [2.05, 4.69) is 132 Å². The molecule has 2 fully saturated rings. The van der Waals surface area contributed by atoms with Crippen molar-refractivity contribution in [3.63, 3.8) is 0 Å². The lowest BCUT2D eigenvalue weighted by Gasteiger charge is -2.39. The molecule has 0 amide bonds. The van der Waals surface area contributed by atoms with Gasteiger partial charge in [-0.25, -0.2) is 0 Å². The van der Waals surface area contributed by atoms with Gasteiger partial charge in [0.05, 0.1) is 6.16 Å². The van der Waals surface area contributed by atoms with Gasteiger partial charge in [0.2, 0.25) is 0 Å².